The van der Waals surface area contributed by atoms with Crippen LogP contribution in [0.15, 0.2) is 66.1 Å². The molecule has 5 aromatic rings. The van der Waals surface area contributed by atoms with Crippen LogP contribution < -0.4 is 28.1 Å². The number of nitrogens with one attached hydrogen (secondary N) is 1. The van der Waals surface area contributed by atoms with Crippen LogP contribution in [0.4, 0.5) is 5.69 Å². The van der Waals surface area contributed by atoms with Gasteiger partial charge < -0.3 is 5.32 Å². The second kappa shape index (κ2) is 11.6. The third kappa shape index (κ3) is 5.73. The fourth-order valence-corrected chi connectivity index (χ4v) is 5.59. The molecule has 0 spiro atoms. The number of nitrogens with two attached hydrogens (primary N) is 3. The van der Waals surface area contributed by atoms with Crippen LogP contribution in [0.2, 0.25) is 10.2 Å². The van der Waals surface area contributed by atoms with E-state index in [1.807, 2.05) is 6.92 Å². The van der Waals surface area contributed by atoms with Gasteiger partial charge in [0.1, 0.15) is 0 Å². The van der Waals surface area contributed by atoms with E-state index in [1.165, 1.54) is 32.5 Å². The highest BCUT2D eigenvalue weighted by atomic mass is 35.5. The zero-order chi connectivity index (χ0) is 31.2. The minimum atomic E-state index is -1.85. The number of nitrogens with zero attached hydrogens (tertiary/aromatic N) is 8. The highest BCUT2D eigenvalue weighted by Crippen LogP contribution is 2.34. The van der Waals surface area contributed by atoms with E-state index in [1.54, 1.807) is 42.7 Å². The maximum atomic E-state index is 13.8. The Balaban J connectivity index is 1.46. The molecule has 2 atom stereocenters. The Bertz CT molecular complexity index is 1930. The Morgan fingerprint density at radius 2 is 1.86 bits per heavy atom. The maximum absolute atomic E-state index is 13.8. The lowest BCUT2D eigenvalue weighted by Crippen LogP contribution is -2.60. The van der Waals surface area contributed by atoms with Crippen molar-refractivity contribution in [2.24, 2.45) is 23.1 Å². The number of benzene rings is 1. The van der Waals surface area contributed by atoms with Gasteiger partial charge in [0.2, 0.25) is 11.8 Å². The largest absolute Gasteiger partial charge is 0.323 e. The molecular weight excluding hydrogens is 607 g/mol. The molecule has 1 aliphatic rings. The van der Waals surface area contributed by atoms with Crippen molar-refractivity contribution in [3.8, 4) is 28.2 Å². The summed E-state index contributed by atoms with van der Waals surface area (Å²) >= 11 is 12.3. The molecule has 0 saturated carbocycles. The monoisotopic (exact) mass is 634 g/mol. The van der Waals surface area contributed by atoms with Crippen LogP contribution in [0.5, 0.6) is 0 Å². The highest BCUT2D eigenvalue weighted by Gasteiger charge is 2.28. The molecule has 0 fully saturated rings. The van der Waals surface area contributed by atoms with E-state index in [9.17, 15) is 9.59 Å². The van der Waals surface area contributed by atoms with Crippen molar-refractivity contribution in [1.82, 2.24) is 39.3 Å². The molecule has 16 heteroatoms. The van der Waals surface area contributed by atoms with Crippen LogP contribution in [0.25, 0.3) is 28.2 Å². The topological polar surface area (TPSA) is 203 Å². The van der Waals surface area contributed by atoms with Gasteiger partial charge in [-0.15, -0.1) is 5.10 Å². The van der Waals surface area contributed by atoms with E-state index in [2.05, 4.69) is 30.7 Å². The van der Waals surface area contributed by atoms with E-state index >= 15 is 0 Å². The Morgan fingerprint density at radius 1 is 1.05 bits per heavy atom. The van der Waals surface area contributed by atoms with Crippen LogP contribution in [-0.2, 0) is 10.7 Å². The molecule has 44 heavy (non-hydrogen) atoms. The lowest BCUT2D eigenvalue weighted by molar-refractivity contribution is -0.119. The summed E-state index contributed by atoms with van der Waals surface area (Å²) in [5.74, 6) is -2.38. The van der Waals surface area contributed by atoms with Crippen molar-refractivity contribution in [3.05, 3.63) is 87.5 Å². The molecule has 1 aromatic carbocycles. The number of hydrogen-bond donors (Lipinski definition) is 4. The number of pyridine rings is 1. The van der Waals surface area contributed by atoms with E-state index in [-0.39, 0.29) is 22.5 Å². The summed E-state index contributed by atoms with van der Waals surface area (Å²) in [6.45, 7) is 1.84. The molecule has 2 bridgehead atoms. The Hall–Kier alpha value is -4.47. The summed E-state index contributed by atoms with van der Waals surface area (Å²) < 4.78 is 4.25. The molecule has 1 aliphatic heterocycles. The minimum absolute atomic E-state index is 0.192. The number of halogens is 2. The fourth-order valence-electron chi connectivity index (χ4n) is 5.29. The third-order valence-electron chi connectivity index (χ3n) is 7.47. The van der Waals surface area contributed by atoms with Gasteiger partial charge in [0, 0.05) is 34.3 Å². The number of aromatic nitrogens is 8. The fraction of sp³-hybridized carbons (Fsp3) is 0.250. The SMILES string of the molecule is CC1CCCC(n2cnc(-c3cc(Cl)ccc3-n3cc(Cl)nn3)cc2=O)c2cc(ccn2)-c2c(cnn2C(N)(N)N)NC1=O. The van der Waals surface area contributed by atoms with Gasteiger partial charge in [-0.1, -0.05) is 41.8 Å². The summed E-state index contributed by atoms with van der Waals surface area (Å²) in [5.41, 5.74) is 21.3. The normalized spacial score (nSPS) is 17.4. The molecule has 6 rings (SSSR count). The summed E-state index contributed by atoms with van der Waals surface area (Å²) in [6, 6.07) is 9.59. The van der Waals surface area contributed by atoms with E-state index in [0.717, 1.165) is 0 Å². The first-order chi connectivity index (χ1) is 21.0. The lowest BCUT2D eigenvalue weighted by Gasteiger charge is -2.24. The van der Waals surface area contributed by atoms with E-state index in [0.29, 0.717) is 63.9 Å². The molecule has 14 nitrogen and oxygen atoms in total. The van der Waals surface area contributed by atoms with Gasteiger partial charge in [-0.2, -0.15) is 5.10 Å². The predicted molar refractivity (Wildman–Crippen MR) is 165 cm³/mol. The van der Waals surface area contributed by atoms with Gasteiger partial charge in [0.05, 0.1) is 53.2 Å². The van der Waals surface area contributed by atoms with Crippen LogP contribution >= 0.6 is 23.2 Å². The van der Waals surface area contributed by atoms with Gasteiger partial charge >= 0.3 is 0 Å². The number of hydrogen-bond acceptors (Lipinski definition) is 10. The second-order valence-corrected chi connectivity index (χ2v) is 11.5. The molecule has 4 aromatic heterocycles. The van der Waals surface area contributed by atoms with Crippen LogP contribution in [0.3, 0.4) is 0 Å². The number of fused-ring (bicyclic) bond motifs is 4. The Morgan fingerprint density at radius 3 is 2.59 bits per heavy atom. The van der Waals surface area contributed by atoms with Gasteiger partial charge in [-0.25, -0.2) is 14.3 Å². The van der Waals surface area contributed by atoms with Crippen molar-refractivity contribution < 1.29 is 4.79 Å². The van der Waals surface area contributed by atoms with Crippen LogP contribution in [0, 0.1) is 5.92 Å². The standard InChI is InChI=1S/C28H28Cl2N12O2/c1-15-3-2-4-23(20-9-16(7-8-34-20)26-21(37-27(15)44)12-36-42(26)28(31,32)33)40-14-35-19(11-25(40)43)18-10-17(29)5-6-22(18)41-13-24(30)38-39-41/h5-15,23H,2-4,31-33H2,1H3,(H,37,44). The zero-order valence-corrected chi connectivity index (χ0v) is 24.9. The van der Waals surface area contributed by atoms with Crippen molar-refractivity contribution in [2.45, 2.75) is 38.1 Å². The lowest BCUT2D eigenvalue weighted by atomic mass is 9.97. The van der Waals surface area contributed by atoms with Crippen LogP contribution in [-0.4, -0.2) is 45.2 Å². The number of carbonyl (C=O) groups is 1. The first kappa shape index (κ1) is 29.6. The molecule has 226 valence electrons. The van der Waals surface area contributed by atoms with Gasteiger partial charge in [-0.3, -0.25) is 36.3 Å². The summed E-state index contributed by atoms with van der Waals surface area (Å²) in [4.78, 5) is 36.1. The summed E-state index contributed by atoms with van der Waals surface area (Å²) in [6.07, 6.45) is 7.79. The number of rotatable bonds is 4. The molecule has 2 unspecified atom stereocenters. The quantitative estimate of drug-likeness (QED) is 0.213. The van der Waals surface area contributed by atoms with Gasteiger partial charge in [0.15, 0.2) is 5.15 Å². The number of carbonyl (C=O) groups excluding carboxylic acids is 1. The number of anilines is 1. The predicted octanol–water partition coefficient (Wildman–Crippen LogP) is 2.85. The first-order valence-corrected chi connectivity index (χ1v) is 14.4. The summed E-state index contributed by atoms with van der Waals surface area (Å²) in [5, 5.41) is 15.7. The first-order valence-electron chi connectivity index (χ1n) is 13.7. The van der Waals surface area contributed by atoms with Gasteiger partial charge in [-0.05, 0) is 43.2 Å². The number of amides is 1. The van der Waals surface area contributed by atoms with E-state index < -0.39 is 12.0 Å². The highest BCUT2D eigenvalue weighted by molar-refractivity contribution is 6.31. The van der Waals surface area contributed by atoms with Crippen LogP contribution in [0.1, 0.15) is 37.9 Å². The van der Waals surface area contributed by atoms with Crippen molar-refractivity contribution in [1.29, 1.82) is 0 Å². The van der Waals surface area contributed by atoms with E-state index in [4.69, 9.17) is 40.4 Å². The third-order valence-corrected chi connectivity index (χ3v) is 7.88. The molecule has 7 N–H and O–H groups in total. The molecule has 5 heterocycles. The van der Waals surface area contributed by atoms with Crippen molar-refractivity contribution in [2.75, 3.05) is 5.32 Å². The zero-order valence-electron chi connectivity index (χ0n) is 23.4. The Kier molecular flexibility index (Phi) is 7.77. The molecule has 1 amide bonds. The Labute approximate surface area is 260 Å². The molecule has 0 saturated heterocycles. The van der Waals surface area contributed by atoms with Crippen molar-refractivity contribution >= 4 is 34.8 Å². The molecular formula is C28H28Cl2N12O2. The average Bonchev–Trinajstić information content (AvgIpc) is 3.61. The smallest absolute Gasteiger partial charge is 0.254 e. The van der Waals surface area contributed by atoms with Gasteiger partial charge in [0.25, 0.3) is 5.56 Å². The molecule has 0 aliphatic carbocycles. The maximum Gasteiger partial charge on any atom is 0.254 e. The van der Waals surface area contributed by atoms with Crippen molar-refractivity contribution in [3.63, 3.8) is 0 Å². The average molecular weight is 636 g/mol. The summed E-state index contributed by atoms with van der Waals surface area (Å²) in [7, 11) is 0. The second-order valence-electron chi connectivity index (χ2n) is 10.7. The minimum Gasteiger partial charge on any atom is -0.323 e. The molecule has 0 radical (unpaired) electrons.